The molecule has 3 heterocycles. The first kappa shape index (κ1) is 13.7. The summed E-state index contributed by atoms with van der Waals surface area (Å²) in [6.07, 6.45) is 3.85. The minimum absolute atomic E-state index is 0.0890. The van der Waals surface area contributed by atoms with Crippen LogP contribution in [0.2, 0.25) is 0 Å². The Labute approximate surface area is 123 Å². The summed E-state index contributed by atoms with van der Waals surface area (Å²) < 4.78 is 0. The lowest BCUT2D eigenvalue weighted by atomic mass is 10.1. The Hall–Kier alpha value is -2.24. The summed E-state index contributed by atoms with van der Waals surface area (Å²) >= 11 is 0. The molecule has 21 heavy (non-hydrogen) atoms. The van der Waals surface area contributed by atoms with E-state index >= 15 is 0 Å². The number of hydrogen-bond acceptors (Lipinski definition) is 3. The fourth-order valence-electron chi connectivity index (χ4n) is 2.99. The van der Waals surface area contributed by atoms with Crippen molar-refractivity contribution in [1.29, 1.82) is 0 Å². The highest BCUT2D eigenvalue weighted by molar-refractivity contribution is 5.98. The van der Waals surface area contributed by atoms with E-state index in [9.17, 15) is 4.79 Å². The number of nitrogens with zero attached hydrogens (tertiary/aromatic N) is 2. The summed E-state index contributed by atoms with van der Waals surface area (Å²) in [6.45, 7) is 4.79. The first-order chi connectivity index (χ1) is 10.1. The highest BCUT2D eigenvalue weighted by Crippen LogP contribution is 2.33. The number of nitrogen functional groups attached to an aromatic ring is 1. The van der Waals surface area contributed by atoms with Crippen LogP contribution in [0.25, 0.3) is 0 Å². The Morgan fingerprint density at radius 2 is 2.33 bits per heavy atom. The van der Waals surface area contributed by atoms with Gasteiger partial charge in [-0.3, -0.25) is 9.89 Å². The van der Waals surface area contributed by atoms with Crippen molar-refractivity contribution in [2.45, 2.75) is 38.6 Å². The number of nitrogens with one attached hydrogen (secondary N) is 2. The Kier molecular flexibility index (Phi) is 3.45. The molecule has 1 saturated heterocycles. The van der Waals surface area contributed by atoms with E-state index in [0.717, 1.165) is 30.8 Å². The number of nitrogens with two attached hydrogens (primary N) is 1. The minimum atomic E-state index is -0.0900. The number of hydrogen-bond donors (Lipinski definition) is 3. The van der Waals surface area contributed by atoms with Crippen molar-refractivity contribution in [2.75, 3.05) is 12.3 Å². The van der Waals surface area contributed by atoms with Gasteiger partial charge in [0, 0.05) is 18.4 Å². The molecule has 1 aliphatic rings. The second-order valence-corrected chi connectivity index (χ2v) is 5.84. The summed E-state index contributed by atoms with van der Waals surface area (Å²) in [6, 6.07) is 4.06. The van der Waals surface area contributed by atoms with Crippen LogP contribution in [0.15, 0.2) is 18.3 Å². The van der Waals surface area contributed by atoms with Crippen LogP contribution in [0.3, 0.4) is 0 Å². The lowest BCUT2D eigenvalue weighted by Gasteiger charge is -2.23. The molecule has 0 aliphatic carbocycles. The minimum Gasteiger partial charge on any atom is -0.395 e. The summed E-state index contributed by atoms with van der Waals surface area (Å²) in [5.74, 6) is 0.129. The van der Waals surface area contributed by atoms with Gasteiger partial charge < -0.3 is 15.6 Å². The summed E-state index contributed by atoms with van der Waals surface area (Å²) in [5.41, 5.74) is 8.81. The standard InChI is InChI=1S/C15H21N5O/c1-9(2)13-12(16)14(19-18-13)15(21)20-8-4-6-11(20)10-5-3-7-17-10/h3,5,7,9,11,17H,4,6,8,16H2,1-2H3,(H,18,19). The van der Waals surface area contributed by atoms with Gasteiger partial charge in [-0.2, -0.15) is 5.10 Å². The number of carbonyl (C=O) groups excluding carboxylic acids is 1. The van der Waals surface area contributed by atoms with Gasteiger partial charge in [-0.15, -0.1) is 0 Å². The second-order valence-electron chi connectivity index (χ2n) is 5.84. The van der Waals surface area contributed by atoms with Crippen molar-refractivity contribution in [2.24, 2.45) is 0 Å². The van der Waals surface area contributed by atoms with E-state index < -0.39 is 0 Å². The maximum Gasteiger partial charge on any atom is 0.277 e. The van der Waals surface area contributed by atoms with E-state index in [1.54, 1.807) is 0 Å². The number of carbonyl (C=O) groups is 1. The molecule has 6 nitrogen and oxygen atoms in total. The predicted octanol–water partition coefficient (Wildman–Crippen LogP) is 2.42. The fourth-order valence-corrected chi connectivity index (χ4v) is 2.99. The van der Waals surface area contributed by atoms with Crippen LogP contribution >= 0.6 is 0 Å². The van der Waals surface area contributed by atoms with E-state index in [1.165, 1.54) is 0 Å². The van der Waals surface area contributed by atoms with Gasteiger partial charge in [-0.1, -0.05) is 13.8 Å². The van der Waals surface area contributed by atoms with Crippen molar-refractivity contribution in [1.82, 2.24) is 20.1 Å². The molecule has 0 bridgehead atoms. The average molecular weight is 287 g/mol. The van der Waals surface area contributed by atoms with E-state index in [2.05, 4.69) is 15.2 Å². The zero-order valence-corrected chi connectivity index (χ0v) is 12.4. The molecule has 0 spiro atoms. The fraction of sp³-hybridized carbons (Fsp3) is 0.467. The lowest BCUT2D eigenvalue weighted by molar-refractivity contribution is 0.0728. The second kappa shape index (κ2) is 5.27. The Bertz CT molecular complexity index is 629. The predicted molar refractivity (Wildman–Crippen MR) is 80.9 cm³/mol. The third-order valence-electron chi connectivity index (χ3n) is 4.11. The molecular formula is C15H21N5O. The van der Waals surface area contributed by atoms with Crippen LogP contribution in [0.1, 0.15) is 60.5 Å². The number of aromatic nitrogens is 3. The number of H-pyrrole nitrogens is 2. The molecule has 3 rings (SSSR count). The Balaban J connectivity index is 1.88. The van der Waals surface area contributed by atoms with Crippen molar-refractivity contribution in [3.05, 3.63) is 35.4 Å². The van der Waals surface area contributed by atoms with Crippen molar-refractivity contribution in [3.8, 4) is 0 Å². The molecule has 112 valence electrons. The van der Waals surface area contributed by atoms with Crippen molar-refractivity contribution < 1.29 is 4.79 Å². The molecule has 1 fully saturated rings. The van der Waals surface area contributed by atoms with Gasteiger partial charge in [0.15, 0.2) is 5.69 Å². The topological polar surface area (TPSA) is 90.8 Å². The lowest BCUT2D eigenvalue weighted by Crippen LogP contribution is -2.31. The molecule has 1 unspecified atom stereocenters. The maximum absolute atomic E-state index is 12.8. The number of rotatable bonds is 3. The van der Waals surface area contributed by atoms with Crippen LogP contribution in [0.4, 0.5) is 5.69 Å². The zero-order chi connectivity index (χ0) is 15.0. The first-order valence-electron chi connectivity index (χ1n) is 7.37. The van der Waals surface area contributed by atoms with E-state index in [0.29, 0.717) is 11.4 Å². The molecule has 1 amide bonds. The number of likely N-dealkylation sites (tertiary alicyclic amines) is 1. The third-order valence-corrected chi connectivity index (χ3v) is 4.11. The van der Waals surface area contributed by atoms with Gasteiger partial charge in [0.25, 0.3) is 5.91 Å². The summed E-state index contributed by atoms with van der Waals surface area (Å²) in [5, 5.41) is 7.04. The van der Waals surface area contributed by atoms with Crippen LogP contribution in [0.5, 0.6) is 0 Å². The summed E-state index contributed by atoms with van der Waals surface area (Å²) in [7, 11) is 0. The van der Waals surface area contributed by atoms with Gasteiger partial charge in [-0.05, 0) is 30.9 Å². The van der Waals surface area contributed by atoms with E-state index in [-0.39, 0.29) is 17.9 Å². The SMILES string of the molecule is CC(C)c1[nH]nc(C(=O)N2CCCC2c2ccc[nH]2)c1N. The Morgan fingerprint density at radius 3 is 2.95 bits per heavy atom. The molecular weight excluding hydrogens is 266 g/mol. The molecule has 0 aromatic carbocycles. The van der Waals surface area contributed by atoms with Crippen LogP contribution < -0.4 is 5.73 Å². The molecule has 0 radical (unpaired) electrons. The molecule has 0 saturated carbocycles. The number of aromatic amines is 2. The number of amides is 1. The largest absolute Gasteiger partial charge is 0.395 e. The highest BCUT2D eigenvalue weighted by Gasteiger charge is 2.33. The normalized spacial score (nSPS) is 18.6. The van der Waals surface area contributed by atoms with Gasteiger partial charge >= 0.3 is 0 Å². The molecule has 1 aliphatic heterocycles. The van der Waals surface area contributed by atoms with Crippen molar-refractivity contribution in [3.63, 3.8) is 0 Å². The van der Waals surface area contributed by atoms with E-state index in [4.69, 9.17) is 5.73 Å². The monoisotopic (exact) mass is 287 g/mol. The zero-order valence-electron chi connectivity index (χ0n) is 12.4. The van der Waals surface area contributed by atoms with Crippen molar-refractivity contribution >= 4 is 11.6 Å². The van der Waals surface area contributed by atoms with Crippen LogP contribution in [-0.2, 0) is 0 Å². The van der Waals surface area contributed by atoms with Gasteiger partial charge in [0.1, 0.15) is 0 Å². The highest BCUT2D eigenvalue weighted by atomic mass is 16.2. The quantitative estimate of drug-likeness (QED) is 0.809. The molecule has 2 aromatic rings. The van der Waals surface area contributed by atoms with Gasteiger partial charge in [0.2, 0.25) is 0 Å². The Morgan fingerprint density at radius 1 is 1.52 bits per heavy atom. The molecule has 4 N–H and O–H groups in total. The van der Waals surface area contributed by atoms with E-state index in [1.807, 2.05) is 37.1 Å². The number of anilines is 1. The van der Waals surface area contributed by atoms with Gasteiger partial charge in [0.05, 0.1) is 17.4 Å². The van der Waals surface area contributed by atoms with Crippen LogP contribution in [0, 0.1) is 0 Å². The molecule has 1 atom stereocenters. The maximum atomic E-state index is 12.8. The smallest absolute Gasteiger partial charge is 0.277 e. The third kappa shape index (κ3) is 2.30. The van der Waals surface area contributed by atoms with Crippen LogP contribution in [-0.4, -0.2) is 32.5 Å². The van der Waals surface area contributed by atoms with Gasteiger partial charge in [-0.25, -0.2) is 0 Å². The average Bonchev–Trinajstić information content (AvgIpc) is 3.17. The first-order valence-corrected chi connectivity index (χ1v) is 7.37. The molecule has 2 aromatic heterocycles. The molecule has 6 heteroatoms. The summed E-state index contributed by atoms with van der Waals surface area (Å²) in [4.78, 5) is 17.8.